The summed E-state index contributed by atoms with van der Waals surface area (Å²) in [6, 6.07) is 11.6. The Labute approximate surface area is 212 Å². The summed E-state index contributed by atoms with van der Waals surface area (Å²) in [6.07, 6.45) is 4.46. The fourth-order valence-corrected chi connectivity index (χ4v) is 3.13. The van der Waals surface area contributed by atoms with Crippen LogP contribution in [0, 0.1) is 11.8 Å². The number of carbonyl (C=O) groups is 2. The van der Waals surface area contributed by atoms with Gasteiger partial charge in [-0.05, 0) is 35.4 Å². The monoisotopic (exact) mass is 484 g/mol. The van der Waals surface area contributed by atoms with Gasteiger partial charge in [0.25, 0.3) is 0 Å². The first-order chi connectivity index (χ1) is 16.8. The molecule has 0 bridgehead atoms. The second kappa shape index (κ2) is 17.8. The van der Waals surface area contributed by atoms with E-state index >= 15 is 0 Å². The standard InChI is InChI=1S/C17H25NO3.C10H13NO.C2H6/c1-14(2)17(19)13-15-3-5-16(6-4-15)21-12-9-18-7-10-20-11-8-18;1-8(2)10(12)7-9-3-5-11-6-4-9;1-2/h3-6,14H,7-13H2,1-2H3;3-6,8H,7H2,1-2H3;1-2H3. The maximum atomic E-state index is 11.7. The van der Waals surface area contributed by atoms with E-state index in [4.69, 9.17) is 9.47 Å². The van der Waals surface area contributed by atoms with E-state index < -0.39 is 0 Å². The number of rotatable bonds is 10. The van der Waals surface area contributed by atoms with Crippen LogP contribution >= 0.6 is 0 Å². The number of hydrogen-bond donors (Lipinski definition) is 0. The molecule has 6 heteroatoms. The Morgan fingerprint density at radius 1 is 0.857 bits per heavy atom. The SMILES string of the molecule is CC.CC(C)C(=O)Cc1ccc(OCCN2CCOCC2)cc1.CC(C)C(=O)Cc1ccncc1. The molecule has 1 aromatic heterocycles. The van der Waals surface area contributed by atoms with Crippen LogP contribution in [-0.2, 0) is 27.2 Å². The lowest BCUT2D eigenvalue weighted by molar-refractivity contribution is -0.122. The van der Waals surface area contributed by atoms with E-state index in [-0.39, 0.29) is 23.4 Å². The number of nitrogens with zero attached hydrogens (tertiary/aromatic N) is 2. The molecule has 6 nitrogen and oxygen atoms in total. The molecule has 1 aliphatic rings. The van der Waals surface area contributed by atoms with Crippen LogP contribution in [0.5, 0.6) is 5.75 Å². The van der Waals surface area contributed by atoms with Crippen LogP contribution < -0.4 is 4.74 Å². The molecule has 0 amide bonds. The van der Waals surface area contributed by atoms with Gasteiger partial charge in [0.15, 0.2) is 0 Å². The minimum Gasteiger partial charge on any atom is -0.492 e. The number of aromatic nitrogens is 1. The lowest BCUT2D eigenvalue weighted by atomic mass is 10.0. The molecule has 0 unspecified atom stereocenters. The largest absolute Gasteiger partial charge is 0.492 e. The van der Waals surface area contributed by atoms with Crippen molar-refractivity contribution in [3.05, 3.63) is 59.9 Å². The van der Waals surface area contributed by atoms with E-state index in [9.17, 15) is 9.59 Å². The van der Waals surface area contributed by atoms with Crippen molar-refractivity contribution in [1.82, 2.24) is 9.88 Å². The average Bonchev–Trinajstić information content (AvgIpc) is 2.88. The molecule has 3 rings (SSSR count). The first kappa shape index (κ1) is 30.5. The Morgan fingerprint density at radius 2 is 1.34 bits per heavy atom. The second-order valence-corrected chi connectivity index (χ2v) is 8.90. The first-order valence-electron chi connectivity index (χ1n) is 12.8. The Balaban J connectivity index is 0.000000372. The topological polar surface area (TPSA) is 68.7 Å². The van der Waals surface area contributed by atoms with E-state index in [1.54, 1.807) is 12.4 Å². The van der Waals surface area contributed by atoms with Gasteiger partial charge in [-0.1, -0.05) is 53.7 Å². The molecule has 0 spiro atoms. The van der Waals surface area contributed by atoms with Gasteiger partial charge in [-0.3, -0.25) is 19.5 Å². The van der Waals surface area contributed by atoms with Crippen molar-refractivity contribution >= 4 is 11.6 Å². The fraction of sp³-hybridized carbons (Fsp3) is 0.552. The van der Waals surface area contributed by atoms with Crippen molar-refractivity contribution in [2.45, 2.75) is 54.4 Å². The number of carbonyl (C=O) groups excluding carboxylic acids is 2. The number of pyridine rings is 1. The number of hydrogen-bond acceptors (Lipinski definition) is 6. The van der Waals surface area contributed by atoms with E-state index in [0.29, 0.717) is 19.4 Å². The van der Waals surface area contributed by atoms with Gasteiger partial charge in [-0.15, -0.1) is 0 Å². The predicted octanol–water partition coefficient (Wildman–Crippen LogP) is 5.04. The van der Waals surface area contributed by atoms with E-state index in [0.717, 1.165) is 49.7 Å². The van der Waals surface area contributed by atoms with Crippen LogP contribution in [-0.4, -0.2) is 60.9 Å². The molecule has 0 N–H and O–H groups in total. The van der Waals surface area contributed by atoms with E-state index in [2.05, 4.69) is 9.88 Å². The smallest absolute Gasteiger partial charge is 0.139 e. The Kier molecular flexibility index (Phi) is 15.5. The Bertz CT molecular complexity index is 830. The molecule has 2 heterocycles. The summed E-state index contributed by atoms with van der Waals surface area (Å²) in [5, 5.41) is 0. The molecule has 0 radical (unpaired) electrons. The van der Waals surface area contributed by atoms with Crippen LogP contribution in [0.2, 0.25) is 0 Å². The fourth-order valence-electron chi connectivity index (χ4n) is 3.13. The van der Waals surface area contributed by atoms with Gasteiger partial charge in [0, 0.05) is 56.7 Å². The maximum absolute atomic E-state index is 11.7. The maximum Gasteiger partial charge on any atom is 0.139 e. The van der Waals surface area contributed by atoms with Crippen molar-refractivity contribution in [2.75, 3.05) is 39.5 Å². The molecular formula is C29H44N2O4. The lowest BCUT2D eigenvalue weighted by Crippen LogP contribution is -2.38. The van der Waals surface area contributed by atoms with E-state index in [1.165, 1.54) is 0 Å². The number of ketones is 2. The van der Waals surface area contributed by atoms with Crippen molar-refractivity contribution in [2.24, 2.45) is 11.8 Å². The van der Waals surface area contributed by atoms with Gasteiger partial charge >= 0.3 is 0 Å². The molecule has 35 heavy (non-hydrogen) atoms. The van der Waals surface area contributed by atoms with Gasteiger partial charge < -0.3 is 9.47 Å². The highest BCUT2D eigenvalue weighted by Gasteiger charge is 2.11. The lowest BCUT2D eigenvalue weighted by Gasteiger charge is -2.26. The van der Waals surface area contributed by atoms with Crippen LogP contribution in [0.25, 0.3) is 0 Å². The molecular weight excluding hydrogens is 440 g/mol. The molecule has 1 saturated heterocycles. The third kappa shape index (κ3) is 13.2. The molecule has 1 aliphatic heterocycles. The van der Waals surface area contributed by atoms with Crippen molar-refractivity contribution < 1.29 is 19.1 Å². The molecule has 0 saturated carbocycles. The number of Topliss-reactive ketones (excluding diaryl/α,β-unsaturated/α-hetero) is 2. The molecule has 2 aromatic rings. The normalized spacial score (nSPS) is 13.4. The summed E-state index contributed by atoms with van der Waals surface area (Å²) < 4.78 is 11.1. The summed E-state index contributed by atoms with van der Waals surface area (Å²) in [7, 11) is 0. The highest BCUT2D eigenvalue weighted by atomic mass is 16.5. The first-order valence-corrected chi connectivity index (χ1v) is 12.8. The van der Waals surface area contributed by atoms with Crippen LogP contribution in [0.4, 0.5) is 0 Å². The minimum absolute atomic E-state index is 0.0921. The van der Waals surface area contributed by atoms with Crippen molar-refractivity contribution in [3.63, 3.8) is 0 Å². The highest BCUT2D eigenvalue weighted by Crippen LogP contribution is 2.14. The molecule has 1 aromatic carbocycles. The van der Waals surface area contributed by atoms with Crippen molar-refractivity contribution in [3.8, 4) is 5.75 Å². The summed E-state index contributed by atoms with van der Waals surface area (Å²) in [4.78, 5) is 29.2. The van der Waals surface area contributed by atoms with Crippen LogP contribution in [0.15, 0.2) is 48.8 Å². The Morgan fingerprint density at radius 3 is 1.83 bits per heavy atom. The zero-order valence-electron chi connectivity index (χ0n) is 22.5. The van der Waals surface area contributed by atoms with Crippen molar-refractivity contribution in [1.29, 1.82) is 0 Å². The van der Waals surface area contributed by atoms with Gasteiger partial charge in [-0.2, -0.15) is 0 Å². The summed E-state index contributed by atoms with van der Waals surface area (Å²) in [5.41, 5.74) is 2.10. The van der Waals surface area contributed by atoms with Gasteiger partial charge in [0.2, 0.25) is 0 Å². The van der Waals surface area contributed by atoms with Gasteiger partial charge in [0.05, 0.1) is 13.2 Å². The molecule has 0 atom stereocenters. The van der Waals surface area contributed by atoms with E-state index in [1.807, 2.05) is 77.9 Å². The molecule has 1 fully saturated rings. The zero-order valence-corrected chi connectivity index (χ0v) is 22.5. The summed E-state index contributed by atoms with van der Waals surface area (Å²) in [6.45, 7) is 16.9. The van der Waals surface area contributed by atoms with Gasteiger partial charge in [0.1, 0.15) is 23.9 Å². The highest BCUT2D eigenvalue weighted by molar-refractivity contribution is 5.83. The summed E-state index contributed by atoms with van der Waals surface area (Å²) in [5.74, 6) is 1.63. The predicted molar refractivity (Wildman–Crippen MR) is 142 cm³/mol. The van der Waals surface area contributed by atoms with Crippen LogP contribution in [0.3, 0.4) is 0 Å². The number of ether oxygens (including phenoxy) is 2. The number of morpholine rings is 1. The molecule has 194 valence electrons. The van der Waals surface area contributed by atoms with Gasteiger partial charge in [-0.25, -0.2) is 0 Å². The second-order valence-electron chi connectivity index (χ2n) is 8.90. The molecule has 0 aliphatic carbocycles. The third-order valence-electron chi connectivity index (χ3n) is 5.50. The Hall–Kier alpha value is -2.57. The quantitative estimate of drug-likeness (QED) is 0.471. The minimum atomic E-state index is 0.0921. The zero-order chi connectivity index (χ0) is 26.1. The van der Waals surface area contributed by atoms with Crippen LogP contribution in [0.1, 0.15) is 52.7 Å². The third-order valence-corrected chi connectivity index (χ3v) is 5.50. The number of benzene rings is 1. The average molecular weight is 485 g/mol. The summed E-state index contributed by atoms with van der Waals surface area (Å²) >= 11 is 0.